The van der Waals surface area contributed by atoms with Crippen molar-refractivity contribution in [1.82, 2.24) is 4.74 Å². The zero-order valence-corrected chi connectivity index (χ0v) is 19.3. The molecule has 2 heterocycles. The second-order valence-corrected chi connectivity index (χ2v) is 10.9. The number of halogens is 1. The standard InChI is InChI=1S/C24H20ClNO6S/c1-24(2)22(27)21(26-23(28)17-10-8-14(25)12-20(17)32-26)18-13-16(9-11-19(18)31-24)33(29,30)15-6-4-3-5-7-15/h3-13,21-22,27H,1-2H3/t21-,22+/m1/s1. The van der Waals surface area contributed by atoms with E-state index >= 15 is 0 Å². The van der Waals surface area contributed by atoms with Crippen LogP contribution in [0.2, 0.25) is 5.02 Å². The van der Waals surface area contributed by atoms with Gasteiger partial charge in [0.2, 0.25) is 9.84 Å². The summed E-state index contributed by atoms with van der Waals surface area (Å²) in [4.78, 5) is 13.3. The van der Waals surface area contributed by atoms with Crippen molar-refractivity contribution in [2.75, 3.05) is 0 Å². The molecule has 1 N–H and O–H groups in total. The molecule has 0 unspecified atom stereocenters. The van der Waals surface area contributed by atoms with Crippen molar-refractivity contribution in [1.29, 1.82) is 0 Å². The van der Waals surface area contributed by atoms with Crippen molar-refractivity contribution in [3.05, 3.63) is 87.7 Å². The average Bonchev–Trinajstić information content (AvgIpc) is 3.10. The van der Waals surface area contributed by atoms with E-state index in [9.17, 15) is 18.3 Å². The van der Waals surface area contributed by atoms with Crippen molar-refractivity contribution >= 4 is 32.4 Å². The zero-order valence-electron chi connectivity index (χ0n) is 17.7. The molecule has 1 aliphatic rings. The second kappa shape index (κ2) is 7.48. The predicted octanol–water partition coefficient (Wildman–Crippen LogP) is 4.20. The number of sulfone groups is 1. The first kappa shape index (κ1) is 21.8. The molecule has 33 heavy (non-hydrogen) atoms. The molecule has 0 fully saturated rings. The number of aliphatic hydroxyl groups excluding tert-OH is 1. The number of aromatic nitrogens is 1. The Balaban J connectivity index is 1.73. The largest absolute Gasteiger partial charge is 0.485 e. The summed E-state index contributed by atoms with van der Waals surface area (Å²) < 4.78 is 39.2. The van der Waals surface area contributed by atoms with Gasteiger partial charge in [-0.25, -0.2) is 8.42 Å². The van der Waals surface area contributed by atoms with E-state index in [4.69, 9.17) is 20.9 Å². The van der Waals surface area contributed by atoms with Gasteiger partial charge in [0.25, 0.3) is 5.56 Å². The van der Waals surface area contributed by atoms with Crippen LogP contribution in [0.4, 0.5) is 0 Å². The number of hydrogen-bond acceptors (Lipinski definition) is 6. The maximum absolute atomic E-state index is 13.2. The van der Waals surface area contributed by atoms with E-state index in [2.05, 4.69) is 0 Å². The van der Waals surface area contributed by atoms with Crippen LogP contribution in [-0.4, -0.2) is 30.0 Å². The lowest BCUT2D eigenvalue weighted by molar-refractivity contribution is -0.0765. The van der Waals surface area contributed by atoms with Gasteiger partial charge in [-0.15, -0.1) is 0 Å². The molecule has 1 aliphatic heterocycles. The Bertz CT molecular complexity index is 1540. The molecular formula is C24H20ClNO6S. The van der Waals surface area contributed by atoms with E-state index in [1.807, 2.05) is 0 Å². The van der Waals surface area contributed by atoms with Crippen molar-refractivity contribution in [3.63, 3.8) is 0 Å². The maximum atomic E-state index is 13.2. The normalized spacial score (nSPS) is 19.8. The third-order valence-electron chi connectivity index (χ3n) is 5.87. The predicted molar refractivity (Wildman–Crippen MR) is 123 cm³/mol. The molecular weight excluding hydrogens is 466 g/mol. The Morgan fingerprint density at radius 2 is 1.73 bits per heavy atom. The summed E-state index contributed by atoms with van der Waals surface area (Å²) in [5.41, 5.74) is -0.955. The molecule has 1 aromatic heterocycles. The Morgan fingerprint density at radius 3 is 2.45 bits per heavy atom. The lowest BCUT2D eigenvalue weighted by atomic mass is 9.86. The van der Waals surface area contributed by atoms with Gasteiger partial charge >= 0.3 is 0 Å². The van der Waals surface area contributed by atoms with Crippen LogP contribution >= 0.6 is 11.6 Å². The molecule has 7 nitrogen and oxygen atoms in total. The molecule has 0 saturated heterocycles. The molecule has 5 rings (SSSR count). The fourth-order valence-corrected chi connectivity index (χ4v) is 5.58. The first-order valence-electron chi connectivity index (χ1n) is 10.2. The molecule has 0 bridgehead atoms. The fraction of sp³-hybridized carbons (Fsp3) is 0.208. The highest BCUT2D eigenvalue weighted by atomic mass is 35.5. The number of aliphatic hydroxyl groups is 1. The van der Waals surface area contributed by atoms with E-state index in [0.29, 0.717) is 21.7 Å². The highest BCUT2D eigenvalue weighted by Crippen LogP contribution is 2.43. The lowest BCUT2D eigenvalue weighted by Crippen LogP contribution is -2.51. The van der Waals surface area contributed by atoms with Gasteiger partial charge in [0, 0.05) is 16.7 Å². The third-order valence-corrected chi connectivity index (χ3v) is 7.87. The Morgan fingerprint density at radius 1 is 1.00 bits per heavy atom. The second-order valence-electron chi connectivity index (χ2n) is 8.47. The number of ether oxygens (including phenoxy) is 1. The zero-order chi connectivity index (χ0) is 23.5. The summed E-state index contributed by atoms with van der Waals surface area (Å²) in [6.45, 7) is 3.37. The van der Waals surface area contributed by atoms with Gasteiger partial charge in [-0.3, -0.25) is 4.79 Å². The minimum atomic E-state index is -3.84. The highest BCUT2D eigenvalue weighted by molar-refractivity contribution is 7.91. The topological polar surface area (TPSA) is 98.7 Å². The van der Waals surface area contributed by atoms with Crippen molar-refractivity contribution in [3.8, 4) is 5.75 Å². The lowest BCUT2D eigenvalue weighted by Gasteiger charge is -2.41. The smallest absolute Gasteiger partial charge is 0.291 e. The molecule has 2 atom stereocenters. The van der Waals surface area contributed by atoms with Crippen molar-refractivity contribution in [2.45, 2.75) is 41.4 Å². The van der Waals surface area contributed by atoms with E-state index in [1.54, 1.807) is 44.2 Å². The van der Waals surface area contributed by atoms with Crippen LogP contribution < -0.4 is 10.3 Å². The van der Waals surface area contributed by atoms with Gasteiger partial charge in [0.15, 0.2) is 5.58 Å². The summed E-state index contributed by atoms with van der Waals surface area (Å²) in [6.07, 6.45) is -1.21. The van der Waals surface area contributed by atoms with Gasteiger partial charge in [0.05, 0.1) is 15.2 Å². The molecule has 0 saturated carbocycles. The fourth-order valence-electron chi connectivity index (χ4n) is 4.10. The quantitative estimate of drug-likeness (QED) is 0.467. The minimum absolute atomic E-state index is 0.0140. The number of benzene rings is 3. The van der Waals surface area contributed by atoms with E-state index in [1.165, 1.54) is 36.4 Å². The maximum Gasteiger partial charge on any atom is 0.291 e. The highest BCUT2D eigenvalue weighted by Gasteiger charge is 2.46. The monoisotopic (exact) mass is 485 g/mol. The van der Waals surface area contributed by atoms with Gasteiger partial charge in [-0.2, -0.15) is 4.74 Å². The average molecular weight is 486 g/mol. The van der Waals surface area contributed by atoms with Crippen LogP contribution in [0.1, 0.15) is 25.5 Å². The van der Waals surface area contributed by atoms with Crippen LogP contribution in [0.25, 0.3) is 11.0 Å². The number of hydrogen-bond donors (Lipinski definition) is 1. The Labute approximate surface area is 194 Å². The summed E-state index contributed by atoms with van der Waals surface area (Å²) in [6, 6.07) is 16.1. The SMILES string of the molecule is CC1(C)Oc2ccc(S(=O)(=O)c3ccccc3)cc2[C@@H](n2oc3cc(Cl)ccc3c2=O)[C@@H]1O. The molecule has 3 aromatic carbocycles. The van der Waals surface area contributed by atoms with Gasteiger partial charge < -0.3 is 14.4 Å². The summed E-state index contributed by atoms with van der Waals surface area (Å²) in [7, 11) is -3.84. The van der Waals surface area contributed by atoms with E-state index in [-0.39, 0.29) is 15.4 Å². The third kappa shape index (κ3) is 3.45. The molecule has 4 aromatic rings. The molecule has 0 amide bonds. The van der Waals surface area contributed by atoms with Crippen LogP contribution in [-0.2, 0) is 9.84 Å². The molecule has 0 radical (unpaired) electrons. The number of nitrogens with zero attached hydrogens (tertiary/aromatic N) is 1. The van der Waals surface area contributed by atoms with Crippen LogP contribution in [0.3, 0.4) is 0 Å². The van der Waals surface area contributed by atoms with Crippen LogP contribution in [0.15, 0.2) is 85.8 Å². The summed E-state index contributed by atoms with van der Waals surface area (Å²) in [5, 5.41) is 11.9. The van der Waals surface area contributed by atoms with Crippen LogP contribution in [0.5, 0.6) is 5.75 Å². The van der Waals surface area contributed by atoms with E-state index in [0.717, 1.165) is 4.74 Å². The van der Waals surface area contributed by atoms with E-state index < -0.39 is 33.1 Å². The number of rotatable bonds is 3. The molecule has 170 valence electrons. The van der Waals surface area contributed by atoms with Crippen molar-refractivity contribution < 1.29 is 22.8 Å². The summed E-state index contributed by atoms with van der Waals surface area (Å²) in [5.74, 6) is 0.354. The van der Waals surface area contributed by atoms with Crippen molar-refractivity contribution in [2.24, 2.45) is 0 Å². The van der Waals surface area contributed by atoms with Crippen LogP contribution in [0, 0.1) is 0 Å². The van der Waals surface area contributed by atoms with Gasteiger partial charge in [-0.05, 0) is 56.3 Å². The Kier molecular flexibility index (Phi) is 4.93. The van der Waals surface area contributed by atoms with Gasteiger partial charge in [-0.1, -0.05) is 29.8 Å². The number of fused-ring (bicyclic) bond motifs is 2. The molecule has 0 spiro atoms. The molecule has 0 aliphatic carbocycles. The first-order valence-corrected chi connectivity index (χ1v) is 12.1. The Hall–Kier alpha value is -3.07. The summed E-state index contributed by atoms with van der Waals surface area (Å²) >= 11 is 6.04. The minimum Gasteiger partial charge on any atom is -0.485 e. The first-order chi connectivity index (χ1) is 15.6. The van der Waals surface area contributed by atoms with Gasteiger partial charge in [0.1, 0.15) is 23.5 Å². The molecule has 9 heteroatoms.